The van der Waals surface area contributed by atoms with Gasteiger partial charge in [0.1, 0.15) is 6.10 Å². The number of nitrogens with one attached hydrogen (secondary N) is 1. The number of hydrogen-bond acceptors (Lipinski definition) is 4. The van der Waals surface area contributed by atoms with Crippen LogP contribution in [0.4, 0.5) is 0 Å². The Balaban J connectivity index is 3.69. The van der Waals surface area contributed by atoms with Crippen molar-refractivity contribution in [3.8, 4) is 0 Å². The molecular formula is C34H69NO4. The quantitative estimate of drug-likeness (QED) is 0.0644. The number of aliphatic hydroxyl groups is 3. The third-order valence-electron chi connectivity index (χ3n) is 8.21. The van der Waals surface area contributed by atoms with Crippen LogP contribution in [-0.4, -0.2) is 46.1 Å². The predicted molar refractivity (Wildman–Crippen MR) is 167 cm³/mol. The zero-order valence-electron chi connectivity index (χ0n) is 26.3. The second kappa shape index (κ2) is 30.3. The van der Waals surface area contributed by atoms with E-state index in [1.807, 2.05) is 0 Å². The van der Waals surface area contributed by atoms with E-state index in [0.29, 0.717) is 12.8 Å². The van der Waals surface area contributed by atoms with Gasteiger partial charge in [-0.1, -0.05) is 168 Å². The first-order chi connectivity index (χ1) is 19.1. The summed E-state index contributed by atoms with van der Waals surface area (Å²) >= 11 is 0. The van der Waals surface area contributed by atoms with Crippen molar-refractivity contribution in [2.24, 2.45) is 0 Å². The summed E-state index contributed by atoms with van der Waals surface area (Å²) in [5.74, 6) is -0.146. The highest BCUT2D eigenvalue weighted by Gasteiger charge is 2.26. The molecule has 0 aliphatic heterocycles. The molecule has 39 heavy (non-hydrogen) atoms. The van der Waals surface area contributed by atoms with E-state index in [-0.39, 0.29) is 12.5 Å². The van der Waals surface area contributed by atoms with Crippen LogP contribution in [0, 0.1) is 0 Å². The number of rotatable bonds is 31. The van der Waals surface area contributed by atoms with Gasteiger partial charge in [-0.15, -0.1) is 0 Å². The third kappa shape index (κ3) is 26.0. The van der Waals surface area contributed by atoms with Crippen LogP contribution in [0.25, 0.3) is 0 Å². The molecule has 0 fully saturated rings. The van der Waals surface area contributed by atoms with E-state index in [9.17, 15) is 20.1 Å². The lowest BCUT2D eigenvalue weighted by Gasteiger charge is -2.26. The van der Waals surface area contributed by atoms with Crippen molar-refractivity contribution in [3.63, 3.8) is 0 Å². The van der Waals surface area contributed by atoms with Gasteiger partial charge in [-0.3, -0.25) is 4.79 Å². The lowest BCUT2D eigenvalue weighted by atomic mass is 9.99. The topological polar surface area (TPSA) is 89.8 Å². The Kier molecular flexibility index (Phi) is 29.8. The molecule has 0 unspecified atom stereocenters. The lowest BCUT2D eigenvalue weighted by molar-refractivity contribution is -0.124. The molecule has 234 valence electrons. The zero-order valence-corrected chi connectivity index (χ0v) is 26.3. The third-order valence-corrected chi connectivity index (χ3v) is 8.21. The molecular weight excluding hydrogens is 486 g/mol. The summed E-state index contributed by atoms with van der Waals surface area (Å²) in [6.45, 7) is 4.15. The van der Waals surface area contributed by atoms with Crippen LogP contribution < -0.4 is 5.32 Å². The van der Waals surface area contributed by atoms with Crippen molar-refractivity contribution in [3.05, 3.63) is 0 Å². The molecule has 0 saturated heterocycles. The second-order valence-corrected chi connectivity index (χ2v) is 12.1. The standard InChI is InChI=1S/C34H69NO4/c1-3-5-7-9-11-13-15-16-17-19-20-22-24-26-28-32(37)34(39)31(30-36)35-33(38)29-27-25-23-21-18-14-12-10-8-6-4-2/h31-32,34,36-37,39H,3-30H2,1-2H3,(H,35,38)/t31-,32+,34-/m0/s1. The molecule has 0 aromatic carbocycles. The lowest BCUT2D eigenvalue weighted by Crippen LogP contribution is -2.50. The van der Waals surface area contributed by atoms with Gasteiger partial charge in [0.15, 0.2) is 0 Å². The first kappa shape index (κ1) is 38.4. The Morgan fingerprint density at radius 1 is 0.538 bits per heavy atom. The summed E-state index contributed by atoms with van der Waals surface area (Å²) in [6, 6.07) is -0.799. The molecule has 5 heteroatoms. The molecule has 0 aliphatic rings. The van der Waals surface area contributed by atoms with E-state index < -0.39 is 18.2 Å². The Hall–Kier alpha value is -0.650. The van der Waals surface area contributed by atoms with Crippen molar-refractivity contribution in [1.82, 2.24) is 5.32 Å². The normalized spacial score (nSPS) is 13.9. The fourth-order valence-corrected chi connectivity index (χ4v) is 5.45. The summed E-state index contributed by atoms with van der Waals surface area (Å²) in [7, 11) is 0. The van der Waals surface area contributed by atoms with Gasteiger partial charge in [-0.25, -0.2) is 0 Å². The molecule has 3 atom stereocenters. The van der Waals surface area contributed by atoms with Gasteiger partial charge in [-0.2, -0.15) is 0 Å². The molecule has 0 aromatic rings. The van der Waals surface area contributed by atoms with Gasteiger partial charge in [-0.05, 0) is 12.8 Å². The average molecular weight is 556 g/mol. The maximum Gasteiger partial charge on any atom is 0.220 e. The highest BCUT2D eigenvalue weighted by Crippen LogP contribution is 2.16. The van der Waals surface area contributed by atoms with Gasteiger partial charge in [0.25, 0.3) is 0 Å². The SMILES string of the molecule is CCCCCCCCCCCCCCCC[C@@H](O)[C@@H](O)[C@H](CO)NC(=O)CCCCCCCCCCCCC. The summed E-state index contributed by atoms with van der Waals surface area (Å²) < 4.78 is 0. The van der Waals surface area contributed by atoms with E-state index in [4.69, 9.17) is 0 Å². The summed E-state index contributed by atoms with van der Waals surface area (Å²) in [4.78, 5) is 12.3. The van der Waals surface area contributed by atoms with Gasteiger partial charge in [0, 0.05) is 6.42 Å². The van der Waals surface area contributed by atoms with E-state index in [0.717, 1.165) is 32.1 Å². The van der Waals surface area contributed by atoms with Crippen LogP contribution in [-0.2, 0) is 4.79 Å². The Bertz CT molecular complexity index is 502. The smallest absolute Gasteiger partial charge is 0.220 e. The number of carbonyl (C=O) groups excluding carboxylic acids is 1. The minimum atomic E-state index is -1.13. The molecule has 4 N–H and O–H groups in total. The molecule has 0 saturated carbocycles. The van der Waals surface area contributed by atoms with Crippen molar-refractivity contribution < 1.29 is 20.1 Å². The molecule has 0 aliphatic carbocycles. The number of amides is 1. The molecule has 0 bridgehead atoms. The largest absolute Gasteiger partial charge is 0.394 e. The molecule has 1 amide bonds. The molecule has 5 nitrogen and oxygen atoms in total. The van der Waals surface area contributed by atoms with Crippen LogP contribution in [0.2, 0.25) is 0 Å². The van der Waals surface area contributed by atoms with Crippen LogP contribution in [0.5, 0.6) is 0 Å². The monoisotopic (exact) mass is 556 g/mol. The first-order valence-electron chi connectivity index (χ1n) is 17.3. The van der Waals surface area contributed by atoms with Crippen LogP contribution in [0.3, 0.4) is 0 Å². The van der Waals surface area contributed by atoms with Crippen LogP contribution in [0.15, 0.2) is 0 Å². The van der Waals surface area contributed by atoms with Crippen LogP contribution >= 0.6 is 0 Å². The Morgan fingerprint density at radius 3 is 1.23 bits per heavy atom. The van der Waals surface area contributed by atoms with E-state index in [2.05, 4.69) is 19.2 Å². The maximum atomic E-state index is 12.3. The minimum absolute atomic E-state index is 0.146. The molecule has 0 spiro atoms. The highest BCUT2D eigenvalue weighted by atomic mass is 16.3. The summed E-state index contributed by atoms with van der Waals surface area (Å²) in [5.41, 5.74) is 0. The van der Waals surface area contributed by atoms with E-state index in [1.165, 1.54) is 128 Å². The van der Waals surface area contributed by atoms with Gasteiger partial charge in [0.2, 0.25) is 5.91 Å². The van der Waals surface area contributed by atoms with Gasteiger partial charge >= 0.3 is 0 Å². The van der Waals surface area contributed by atoms with Crippen molar-refractivity contribution >= 4 is 5.91 Å². The number of hydrogen-bond donors (Lipinski definition) is 4. The minimum Gasteiger partial charge on any atom is -0.394 e. The van der Waals surface area contributed by atoms with Crippen molar-refractivity contribution in [2.45, 2.75) is 205 Å². The van der Waals surface area contributed by atoms with E-state index in [1.54, 1.807) is 0 Å². The fraction of sp³-hybridized carbons (Fsp3) is 0.971. The first-order valence-corrected chi connectivity index (χ1v) is 17.3. The summed E-state index contributed by atoms with van der Waals surface area (Å²) in [5, 5.41) is 33.3. The molecule has 0 radical (unpaired) electrons. The number of aliphatic hydroxyl groups excluding tert-OH is 3. The van der Waals surface area contributed by atoms with Gasteiger partial charge in [0.05, 0.1) is 18.8 Å². The Morgan fingerprint density at radius 2 is 0.872 bits per heavy atom. The number of unbranched alkanes of at least 4 members (excludes halogenated alkanes) is 23. The molecule has 0 rings (SSSR count). The molecule has 0 aromatic heterocycles. The molecule has 0 heterocycles. The fourth-order valence-electron chi connectivity index (χ4n) is 5.45. The van der Waals surface area contributed by atoms with Gasteiger partial charge < -0.3 is 20.6 Å². The average Bonchev–Trinajstić information content (AvgIpc) is 2.94. The van der Waals surface area contributed by atoms with Crippen molar-refractivity contribution in [2.75, 3.05) is 6.61 Å². The zero-order chi connectivity index (χ0) is 28.8. The predicted octanol–water partition coefficient (Wildman–Crippen LogP) is 8.76. The van der Waals surface area contributed by atoms with Crippen molar-refractivity contribution in [1.29, 1.82) is 0 Å². The second-order valence-electron chi connectivity index (χ2n) is 12.1. The highest BCUT2D eigenvalue weighted by molar-refractivity contribution is 5.76. The van der Waals surface area contributed by atoms with Crippen LogP contribution in [0.1, 0.15) is 187 Å². The maximum absolute atomic E-state index is 12.3. The number of carbonyl (C=O) groups is 1. The Labute approximate surface area is 243 Å². The van der Waals surface area contributed by atoms with E-state index >= 15 is 0 Å². The summed E-state index contributed by atoms with van der Waals surface area (Å²) in [6.07, 6.45) is 30.4.